The maximum Gasteiger partial charge on any atom is -0.0169 e. The minimum atomic E-state index is 1.09. The van der Waals surface area contributed by atoms with Gasteiger partial charge in [-0.3, -0.25) is 0 Å². The van der Waals surface area contributed by atoms with Crippen molar-refractivity contribution in [1.82, 2.24) is 0 Å². The normalized spacial score (nSPS) is 28.6. The van der Waals surface area contributed by atoms with Crippen molar-refractivity contribution >= 4 is 0 Å². The number of rotatable bonds is 0. The summed E-state index contributed by atoms with van der Waals surface area (Å²) in [5.41, 5.74) is 0. The zero-order valence-electron chi connectivity index (χ0n) is 8.86. The Balaban J connectivity index is 2.33. The molecular formula is C14H20. The molecule has 1 aliphatic rings. The molecule has 14 heavy (non-hydrogen) atoms. The van der Waals surface area contributed by atoms with Crippen molar-refractivity contribution in [2.75, 3.05) is 0 Å². The van der Waals surface area contributed by atoms with Crippen molar-refractivity contribution in [3.05, 3.63) is 48.6 Å². The van der Waals surface area contributed by atoms with Gasteiger partial charge in [-0.25, -0.2) is 0 Å². The van der Waals surface area contributed by atoms with Crippen LogP contribution in [0.3, 0.4) is 0 Å². The minimum Gasteiger partial charge on any atom is -0.0879 e. The Bertz CT molecular complexity index is 178. The van der Waals surface area contributed by atoms with Crippen LogP contribution >= 0.6 is 0 Å². The second kappa shape index (κ2) is 8.55. The molecule has 1 rings (SSSR count). The topological polar surface area (TPSA) is 0 Å². The first-order valence-electron chi connectivity index (χ1n) is 5.60. The highest BCUT2D eigenvalue weighted by atomic mass is 13.9. The molecule has 0 fully saturated rings. The first kappa shape index (κ1) is 11.0. The predicted octanol–water partition coefficient (Wildman–Crippen LogP) is 4.57. The molecule has 0 aromatic carbocycles. The summed E-state index contributed by atoms with van der Waals surface area (Å²) in [4.78, 5) is 0. The summed E-state index contributed by atoms with van der Waals surface area (Å²) in [7, 11) is 0. The van der Waals surface area contributed by atoms with E-state index >= 15 is 0 Å². The lowest BCUT2D eigenvalue weighted by atomic mass is 10.2. The third-order valence-electron chi connectivity index (χ3n) is 2.21. The second-order valence-electron chi connectivity index (χ2n) is 3.51. The Morgan fingerprint density at radius 2 is 0.643 bits per heavy atom. The third kappa shape index (κ3) is 6.47. The van der Waals surface area contributed by atoms with E-state index in [1.54, 1.807) is 0 Å². The van der Waals surface area contributed by atoms with Gasteiger partial charge in [0.1, 0.15) is 0 Å². The largest absolute Gasteiger partial charge is 0.0879 e. The molecule has 0 nitrogen and oxygen atoms in total. The van der Waals surface area contributed by atoms with Crippen LogP contribution in [0.1, 0.15) is 38.5 Å². The molecule has 0 aliphatic heterocycles. The van der Waals surface area contributed by atoms with E-state index in [1.165, 1.54) is 25.7 Å². The van der Waals surface area contributed by atoms with Crippen molar-refractivity contribution in [2.24, 2.45) is 0 Å². The fourth-order valence-corrected chi connectivity index (χ4v) is 1.40. The predicted molar refractivity (Wildman–Crippen MR) is 64.3 cm³/mol. The van der Waals surface area contributed by atoms with Crippen LogP contribution in [-0.2, 0) is 0 Å². The Labute approximate surface area is 87.7 Å². The standard InChI is InChI=1S/C14H20/c1-2-4-6-8-10-12-14-13-11-9-7-5-3-1/h1-2,5,7-8,10,13-14H,3-4,6,9,11-12H2/b2-1-,7-5+,10-8+,14-13-. The Morgan fingerprint density at radius 3 is 0.929 bits per heavy atom. The molecule has 0 radical (unpaired) electrons. The van der Waals surface area contributed by atoms with E-state index in [4.69, 9.17) is 0 Å². The summed E-state index contributed by atoms with van der Waals surface area (Å²) in [6, 6.07) is 0. The van der Waals surface area contributed by atoms with Crippen LogP contribution in [0.4, 0.5) is 0 Å². The molecule has 76 valence electrons. The Kier molecular flexibility index (Phi) is 6.74. The summed E-state index contributed by atoms with van der Waals surface area (Å²) in [5.74, 6) is 0. The van der Waals surface area contributed by atoms with Gasteiger partial charge in [0.2, 0.25) is 0 Å². The van der Waals surface area contributed by atoms with Crippen LogP contribution in [-0.4, -0.2) is 0 Å². The summed E-state index contributed by atoms with van der Waals surface area (Å²) >= 11 is 0. The lowest BCUT2D eigenvalue weighted by Gasteiger charge is -1.90. The number of hydrogen-bond donors (Lipinski definition) is 0. The molecule has 0 spiro atoms. The van der Waals surface area contributed by atoms with Gasteiger partial charge in [-0.15, -0.1) is 0 Å². The van der Waals surface area contributed by atoms with Gasteiger partial charge in [0, 0.05) is 0 Å². The third-order valence-corrected chi connectivity index (χ3v) is 2.21. The first-order chi connectivity index (χ1) is 7.00. The van der Waals surface area contributed by atoms with Crippen LogP contribution in [0.2, 0.25) is 0 Å². The van der Waals surface area contributed by atoms with E-state index in [2.05, 4.69) is 48.6 Å². The van der Waals surface area contributed by atoms with Gasteiger partial charge >= 0.3 is 0 Å². The fourth-order valence-electron chi connectivity index (χ4n) is 1.40. The maximum atomic E-state index is 2.27. The molecule has 0 unspecified atom stereocenters. The summed E-state index contributed by atoms with van der Waals surface area (Å²) in [5, 5.41) is 0. The van der Waals surface area contributed by atoms with Gasteiger partial charge in [-0.05, 0) is 38.5 Å². The van der Waals surface area contributed by atoms with E-state index < -0.39 is 0 Å². The Hall–Kier alpha value is -1.04. The smallest absolute Gasteiger partial charge is 0.0169 e. The van der Waals surface area contributed by atoms with E-state index in [0.29, 0.717) is 0 Å². The monoisotopic (exact) mass is 188 g/mol. The van der Waals surface area contributed by atoms with Crippen molar-refractivity contribution in [2.45, 2.75) is 38.5 Å². The van der Waals surface area contributed by atoms with Gasteiger partial charge in [0.05, 0.1) is 0 Å². The first-order valence-corrected chi connectivity index (χ1v) is 5.60. The number of allylic oxidation sites excluding steroid dienone is 8. The van der Waals surface area contributed by atoms with E-state index in [0.717, 1.165) is 12.8 Å². The van der Waals surface area contributed by atoms with Gasteiger partial charge in [-0.2, -0.15) is 0 Å². The lowest BCUT2D eigenvalue weighted by Crippen LogP contribution is -1.69. The highest BCUT2D eigenvalue weighted by Crippen LogP contribution is 2.00. The SMILES string of the molecule is C1=C\CC/C=C/C/C=C\CC/C=C/C/1. The van der Waals surface area contributed by atoms with Crippen molar-refractivity contribution in [1.29, 1.82) is 0 Å². The van der Waals surface area contributed by atoms with Crippen molar-refractivity contribution in [3.63, 3.8) is 0 Å². The average molecular weight is 188 g/mol. The molecule has 0 N–H and O–H groups in total. The molecule has 0 aromatic heterocycles. The number of hydrogen-bond acceptors (Lipinski definition) is 0. The van der Waals surface area contributed by atoms with Crippen LogP contribution in [0.5, 0.6) is 0 Å². The summed E-state index contributed by atoms with van der Waals surface area (Å²) in [6.45, 7) is 0. The molecule has 0 saturated carbocycles. The van der Waals surface area contributed by atoms with Crippen molar-refractivity contribution in [3.8, 4) is 0 Å². The zero-order valence-corrected chi connectivity index (χ0v) is 8.86. The van der Waals surface area contributed by atoms with Gasteiger partial charge in [-0.1, -0.05) is 48.6 Å². The molecular weight excluding hydrogens is 168 g/mol. The molecule has 1 aliphatic carbocycles. The lowest BCUT2D eigenvalue weighted by molar-refractivity contribution is 1.02. The van der Waals surface area contributed by atoms with E-state index in [9.17, 15) is 0 Å². The molecule has 0 saturated heterocycles. The molecule has 0 heteroatoms. The zero-order chi connectivity index (χ0) is 9.90. The molecule has 0 bridgehead atoms. The van der Waals surface area contributed by atoms with Crippen LogP contribution in [0.25, 0.3) is 0 Å². The highest BCUT2D eigenvalue weighted by Gasteiger charge is 1.80. The Morgan fingerprint density at radius 1 is 0.357 bits per heavy atom. The average Bonchev–Trinajstić information content (AvgIpc) is 2.22. The molecule has 0 heterocycles. The van der Waals surface area contributed by atoms with Gasteiger partial charge in [0.25, 0.3) is 0 Å². The minimum absolute atomic E-state index is 1.09. The van der Waals surface area contributed by atoms with Gasteiger partial charge < -0.3 is 0 Å². The van der Waals surface area contributed by atoms with Crippen LogP contribution in [0, 0.1) is 0 Å². The van der Waals surface area contributed by atoms with E-state index in [1.807, 2.05) is 0 Å². The maximum absolute atomic E-state index is 2.27. The molecule has 0 aromatic rings. The second-order valence-corrected chi connectivity index (χ2v) is 3.51. The van der Waals surface area contributed by atoms with Crippen LogP contribution < -0.4 is 0 Å². The quantitative estimate of drug-likeness (QED) is 0.489. The fraction of sp³-hybridized carbons (Fsp3) is 0.429. The van der Waals surface area contributed by atoms with Crippen molar-refractivity contribution < 1.29 is 0 Å². The van der Waals surface area contributed by atoms with Crippen LogP contribution in [0.15, 0.2) is 48.6 Å². The summed E-state index contributed by atoms with van der Waals surface area (Å²) < 4.78 is 0. The highest BCUT2D eigenvalue weighted by molar-refractivity contribution is 4.98. The molecule has 0 atom stereocenters. The van der Waals surface area contributed by atoms with Gasteiger partial charge in [0.15, 0.2) is 0 Å². The molecule has 0 amide bonds. The summed E-state index contributed by atoms with van der Waals surface area (Å²) in [6.07, 6.45) is 25.0. The van der Waals surface area contributed by atoms with E-state index in [-0.39, 0.29) is 0 Å².